The van der Waals surface area contributed by atoms with Crippen molar-refractivity contribution in [2.45, 2.75) is 37.0 Å². The molecule has 0 heterocycles. The highest BCUT2D eigenvalue weighted by molar-refractivity contribution is 14.1. The SMILES string of the molecule is CC1(OC(=O)c2ccc3cc(C(=O)OCC(F)(F)S(=O)(=O)O)ccc3c2)C=C(I)CCC1. The minimum atomic E-state index is -5.70. The standard InChI is InChI=1S/C21H19F2IO7S/c1-20(8-2-3-17(24)11-20)31-19(26)16-7-5-13-9-15(6-4-14(13)10-16)18(25)30-12-21(22,23)32(27,28)29/h4-7,9-11H,2-3,8,12H2,1H3,(H,27,28,29). The molecule has 11 heteroatoms. The van der Waals surface area contributed by atoms with Crippen molar-refractivity contribution in [2.75, 3.05) is 6.61 Å². The van der Waals surface area contributed by atoms with Crippen LogP contribution in [0.15, 0.2) is 46.1 Å². The normalized spacial score (nSPS) is 19.3. The van der Waals surface area contributed by atoms with Crippen molar-refractivity contribution in [3.05, 3.63) is 57.2 Å². The molecule has 0 spiro atoms. The number of rotatable bonds is 6. The number of benzene rings is 2. The summed E-state index contributed by atoms with van der Waals surface area (Å²) < 4.78 is 67.3. The molecule has 3 rings (SSSR count). The first-order valence-electron chi connectivity index (χ1n) is 9.46. The molecule has 0 radical (unpaired) electrons. The van der Waals surface area contributed by atoms with Gasteiger partial charge in [0, 0.05) is 0 Å². The molecule has 1 aliphatic carbocycles. The lowest BCUT2D eigenvalue weighted by atomic mass is 9.92. The zero-order valence-electron chi connectivity index (χ0n) is 16.8. The summed E-state index contributed by atoms with van der Waals surface area (Å²) in [5, 5.41) is -3.49. The number of carbonyl (C=O) groups excluding carboxylic acids is 2. The number of hydrogen-bond acceptors (Lipinski definition) is 6. The van der Waals surface area contributed by atoms with Gasteiger partial charge in [-0.2, -0.15) is 17.2 Å². The van der Waals surface area contributed by atoms with Crippen LogP contribution in [0.4, 0.5) is 8.78 Å². The van der Waals surface area contributed by atoms with Gasteiger partial charge in [-0.05, 0) is 93.5 Å². The second-order valence-electron chi connectivity index (χ2n) is 7.61. The molecule has 172 valence electrons. The lowest BCUT2D eigenvalue weighted by molar-refractivity contribution is -0.00950. The average molecular weight is 580 g/mol. The first-order chi connectivity index (χ1) is 14.8. The van der Waals surface area contributed by atoms with Crippen LogP contribution in [0.5, 0.6) is 0 Å². The van der Waals surface area contributed by atoms with Crippen molar-refractivity contribution in [2.24, 2.45) is 0 Å². The molecule has 0 saturated carbocycles. The van der Waals surface area contributed by atoms with Crippen LogP contribution in [0.3, 0.4) is 0 Å². The van der Waals surface area contributed by atoms with E-state index in [2.05, 4.69) is 27.3 Å². The van der Waals surface area contributed by atoms with Gasteiger partial charge in [0.25, 0.3) is 0 Å². The number of halogens is 3. The van der Waals surface area contributed by atoms with E-state index >= 15 is 0 Å². The number of carbonyl (C=O) groups is 2. The number of allylic oxidation sites excluding steroid dienone is 1. The van der Waals surface area contributed by atoms with Gasteiger partial charge in [-0.15, -0.1) is 0 Å². The number of ether oxygens (including phenoxy) is 2. The Kier molecular flexibility index (Phi) is 6.91. The van der Waals surface area contributed by atoms with Crippen LogP contribution in [0, 0.1) is 0 Å². The van der Waals surface area contributed by atoms with E-state index in [-0.39, 0.29) is 5.56 Å². The first kappa shape index (κ1) is 24.5. The van der Waals surface area contributed by atoms with Gasteiger partial charge in [0.05, 0.1) is 11.1 Å². The Hall–Kier alpha value is -2.12. The largest absolute Gasteiger partial charge is 0.454 e. The molecule has 0 bridgehead atoms. The van der Waals surface area contributed by atoms with E-state index < -0.39 is 39.5 Å². The lowest BCUT2D eigenvalue weighted by Gasteiger charge is -2.30. The van der Waals surface area contributed by atoms with Crippen molar-refractivity contribution < 1.29 is 40.8 Å². The lowest BCUT2D eigenvalue weighted by Crippen LogP contribution is -2.34. The van der Waals surface area contributed by atoms with Crippen LogP contribution in [0.1, 0.15) is 46.9 Å². The van der Waals surface area contributed by atoms with Crippen molar-refractivity contribution in [1.29, 1.82) is 0 Å². The molecule has 0 saturated heterocycles. The van der Waals surface area contributed by atoms with E-state index in [0.29, 0.717) is 16.3 Å². The van der Waals surface area contributed by atoms with Crippen LogP contribution in [0.2, 0.25) is 0 Å². The Morgan fingerprint density at radius 1 is 1.12 bits per heavy atom. The van der Waals surface area contributed by atoms with E-state index in [4.69, 9.17) is 9.29 Å². The fourth-order valence-corrected chi connectivity index (χ4v) is 4.49. The third-order valence-electron chi connectivity index (χ3n) is 4.94. The van der Waals surface area contributed by atoms with E-state index in [1.54, 1.807) is 12.1 Å². The smallest absolute Gasteiger partial charge is 0.402 e. The van der Waals surface area contributed by atoms with Crippen molar-refractivity contribution in [3.8, 4) is 0 Å². The number of esters is 2. The minimum Gasteiger partial charge on any atom is -0.454 e. The molecule has 1 atom stereocenters. The molecule has 2 aromatic rings. The fraction of sp³-hybridized carbons (Fsp3) is 0.333. The predicted octanol–water partition coefficient (Wildman–Crippen LogP) is 4.90. The maximum atomic E-state index is 13.2. The Bertz CT molecular complexity index is 1210. The molecule has 1 unspecified atom stereocenters. The summed E-state index contributed by atoms with van der Waals surface area (Å²) in [5.74, 6) is -1.68. The maximum Gasteiger partial charge on any atom is 0.402 e. The van der Waals surface area contributed by atoms with Crippen LogP contribution in [0.25, 0.3) is 10.8 Å². The molecule has 0 amide bonds. The van der Waals surface area contributed by atoms with Gasteiger partial charge in [0.1, 0.15) is 5.60 Å². The first-order valence-corrected chi connectivity index (χ1v) is 12.0. The average Bonchev–Trinajstić information content (AvgIpc) is 2.69. The van der Waals surface area contributed by atoms with Crippen molar-refractivity contribution in [1.82, 2.24) is 0 Å². The zero-order valence-corrected chi connectivity index (χ0v) is 19.8. The molecule has 0 fully saturated rings. The predicted molar refractivity (Wildman–Crippen MR) is 121 cm³/mol. The monoisotopic (exact) mass is 580 g/mol. The van der Waals surface area contributed by atoms with Crippen LogP contribution in [-0.4, -0.2) is 42.4 Å². The second-order valence-corrected chi connectivity index (χ2v) is 10.5. The van der Waals surface area contributed by atoms with Crippen molar-refractivity contribution in [3.63, 3.8) is 0 Å². The topological polar surface area (TPSA) is 107 Å². The maximum absolute atomic E-state index is 13.2. The second kappa shape index (κ2) is 9.02. The molecular formula is C21H19F2IO7S. The van der Waals surface area contributed by atoms with Gasteiger partial charge < -0.3 is 9.47 Å². The molecule has 0 aliphatic heterocycles. The minimum absolute atomic E-state index is 0.103. The summed E-state index contributed by atoms with van der Waals surface area (Å²) in [4.78, 5) is 24.6. The Balaban J connectivity index is 1.74. The molecule has 2 aromatic carbocycles. The summed E-state index contributed by atoms with van der Waals surface area (Å²) in [6, 6.07) is 8.81. The third kappa shape index (κ3) is 5.62. The van der Waals surface area contributed by atoms with Crippen molar-refractivity contribution >= 4 is 55.4 Å². The van der Waals surface area contributed by atoms with Gasteiger partial charge in [-0.3, -0.25) is 4.55 Å². The highest BCUT2D eigenvalue weighted by atomic mass is 127. The van der Waals surface area contributed by atoms with E-state index in [0.717, 1.165) is 22.8 Å². The van der Waals surface area contributed by atoms with E-state index in [1.807, 2.05) is 13.0 Å². The molecule has 0 aromatic heterocycles. The molecule has 1 N–H and O–H groups in total. The summed E-state index contributed by atoms with van der Waals surface area (Å²) >= 11 is 2.23. The number of hydrogen-bond donors (Lipinski definition) is 1. The zero-order chi connectivity index (χ0) is 23.7. The van der Waals surface area contributed by atoms with Gasteiger partial charge in [-0.1, -0.05) is 12.1 Å². The molecule has 1 aliphatic rings. The number of alkyl halides is 2. The Morgan fingerprint density at radius 3 is 2.22 bits per heavy atom. The number of fused-ring (bicyclic) bond motifs is 1. The van der Waals surface area contributed by atoms with Gasteiger partial charge in [0.2, 0.25) is 0 Å². The Labute approximate surface area is 196 Å². The van der Waals surface area contributed by atoms with Gasteiger partial charge >= 0.3 is 27.3 Å². The van der Waals surface area contributed by atoms with E-state index in [1.165, 1.54) is 24.3 Å². The highest BCUT2D eigenvalue weighted by Crippen LogP contribution is 2.33. The molecule has 7 nitrogen and oxygen atoms in total. The van der Waals surface area contributed by atoms with Crippen LogP contribution in [-0.2, 0) is 19.6 Å². The van der Waals surface area contributed by atoms with Gasteiger partial charge in [0.15, 0.2) is 6.61 Å². The van der Waals surface area contributed by atoms with Crippen LogP contribution >= 0.6 is 22.6 Å². The summed E-state index contributed by atoms with van der Waals surface area (Å²) in [5.41, 5.74) is -0.470. The quantitative estimate of drug-likeness (QED) is 0.295. The Morgan fingerprint density at radius 2 is 1.69 bits per heavy atom. The highest BCUT2D eigenvalue weighted by Gasteiger charge is 2.45. The summed E-state index contributed by atoms with van der Waals surface area (Å²) in [6.07, 6.45) is 4.55. The molecule has 32 heavy (non-hydrogen) atoms. The van der Waals surface area contributed by atoms with Gasteiger partial charge in [-0.25, -0.2) is 9.59 Å². The molecular weight excluding hydrogens is 561 g/mol. The summed E-state index contributed by atoms with van der Waals surface area (Å²) in [7, 11) is -5.70. The summed E-state index contributed by atoms with van der Waals surface area (Å²) in [6.45, 7) is 0.0346. The third-order valence-corrected chi connectivity index (χ3v) is 6.66. The van der Waals surface area contributed by atoms with Crippen LogP contribution < -0.4 is 0 Å². The fourth-order valence-electron chi connectivity index (χ4n) is 3.24. The van der Waals surface area contributed by atoms with E-state index in [9.17, 15) is 26.8 Å².